The molecule has 0 radical (unpaired) electrons. The second-order valence-corrected chi connectivity index (χ2v) is 12.6. The van der Waals surface area contributed by atoms with Gasteiger partial charge in [0.05, 0.1) is 29.2 Å². The lowest BCUT2D eigenvalue weighted by Gasteiger charge is -2.25. The summed E-state index contributed by atoms with van der Waals surface area (Å²) in [7, 11) is -4.17. The van der Waals surface area contributed by atoms with Crippen LogP contribution in [0, 0.1) is 12.7 Å². The molecule has 9 nitrogen and oxygen atoms in total. The highest BCUT2D eigenvalue weighted by molar-refractivity contribution is 7.92. The zero-order chi connectivity index (χ0) is 33.0. The molecule has 0 fully saturated rings. The summed E-state index contributed by atoms with van der Waals surface area (Å²) in [6.45, 7) is 1.80. The molecule has 5 aromatic carbocycles. The van der Waals surface area contributed by atoms with Gasteiger partial charge in [-0.05, 0) is 95.9 Å². The molecule has 0 unspecified atom stereocenters. The summed E-state index contributed by atoms with van der Waals surface area (Å²) in [5.41, 5.74) is 3.19. The number of hydrogen-bond donors (Lipinski definition) is 1. The molecule has 0 atom stereocenters. The highest BCUT2D eigenvalue weighted by Crippen LogP contribution is 2.32. The van der Waals surface area contributed by atoms with Gasteiger partial charge in [0, 0.05) is 0 Å². The number of aromatic carboxylic acids is 1. The number of aromatic nitrogens is 3. The number of aryl methyl sites for hydroxylation is 1. The topological polar surface area (TPSA) is 115 Å². The molecular weight excluding hydrogens is 619 g/mol. The van der Waals surface area contributed by atoms with Crippen molar-refractivity contribution in [2.24, 2.45) is 0 Å². The van der Waals surface area contributed by atoms with Crippen molar-refractivity contribution < 1.29 is 27.4 Å². The quantitative estimate of drug-likeness (QED) is 0.157. The third-order valence-electron chi connectivity index (χ3n) is 7.53. The average Bonchev–Trinajstić information content (AvgIpc) is 3.50. The summed E-state index contributed by atoms with van der Waals surface area (Å²) in [6, 6.07) is 33.5. The Kier molecular flexibility index (Phi) is 8.81. The number of carbonyl (C=O) groups is 1. The SMILES string of the molecule is Cc1cc(-c2ccc(C(=O)O)cc2)ccc1S(=O)(=O)N(Cc1nncn1Cc1cccc(F)c1)c1ccc(Oc2ccccc2)cc1. The van der Waals surface area contributed by atoms with E-state index in [0.29, 0.717) is 34.1 Å². The highest BCUT2D eigenvalue weighted by Gasteiger charge is 2.29. The van der Waals surface area contributed by atoms with Crippen molar-refractivity contribution in [1.82, 2.24) is 14.8 Å². The number of ether oxygens (including phenoxy) is 1. The van der Waals surface area contributed by atoms with E-state index < -0.39 is 16.0 Å². The number of para-hydroxylation sites is 1. The zero-order valence-corrected chi connectivity index (χ0v) is 26.0. The molecule has 11 heteroatoms. The van der Waals surface area contributed by atoms with Gasteiger partial charge in [0.2, 0.25) is 0 Å². The van der Waals surface area contributed by atoms with Crippen LogP contribution in [-0.2, 0) is 23.1 Å². The van der Waals surface area contributed by atoms with E-state index in [9.17, 15) is 22.7 Å². The molecule has 1 N–H and O–H groups in total. The Hall–Kier alpha value is -5.81. The predicted octanol–water partition coefficient (Wildman–Crippen LogP) is 7.33. The lowest BCUT2D eigenvalue weighted by Crippen LogP contribution is -2.32. The minimum Gasteiger partial charge on any atom is -0.478 e. The molecule has 0 amide bonds. The third kappa shape index (κ3) is 7.05. The van der Waals surface area contributed by atoms with Crippen molar-refractivity contribution in [1.29, 1.82) is 0 Å². The average molecular weight is 649 g/mol. The van der Waals surface area contributed by atoms with Gasteiger partial charge in [-0.3, -0.25) is 4.31 Å². The fourth-order valence-corrected chi connectivity index (χ4v) is 6.78. The normalized spacial score (nSPS) is 11.3. The number of rotatable bonds is 11. The van der Waals surface area contributed by atoms with Gasteiger partial charge in [-0.2, -0.15) is 0 Å². The van der Waals surface area contributed by atoms with Crippen molar-refractivity contribution in [2.45, 2.75) is 24.9 Å². The molecule has 0 aliphatic carbocycles. The van der Waals surface area contributed by atoms with Gasteiger partial charge in [0.15, 0.2) is 5.82 Å². The van der Waals surface area contributed by atoms with Gasteiger partial charge >= 0.3 is 5.97 Å². The maximum absolute atomic E-state index is 14.5. The summed E-state index contributed by atoms with van der Waals surface area (Å²) in [4.78, 5) is 11.4. The number of hydrogen-bond acceptors (Lipinski definition) is 6. The van der Waals surface area contributed by atoms with E-state index in [4.69, 9.17) is 4.74 Å². The first-order valence-electron chi connectivity index (χ1n) is 14.6. The molecule has 0 bridgehead atoms. The lowest BCUT2D eigenvalue weighted by atomic mass is 10.0. The molecule has 236 valence electrons. The van der Waals surface area contributed by atoms with Crippen LogP contribution in [0.3, 0.4) is 0 Å². The minimum absolute atomic E-state index is 0.0872. The molecule has 6 rings (SSSR count). The first-order valence-corrected chi connectivity index (χ1v) is 16.0. The molecule has 0 saturated carbocycles. The standard InChI is InChI=1S/C36H29FN4O5S/c1-25-20-29(27-10-12-28(13-11-27)36(42)43)14-19-34(25)47(44,45)41(31-15-17-33(18-16-31)46-32-8-3-2-4-9-32)23-35-39-38-24-40(35)22-26-6-5-7-30(37)21-26/h2-21,24H,22-23H2,1H3,(H,42,43). The minimum atomic E-state index is -4.17. The molecule has 6 aromatic rings. The maximum Gasteiger partial charge on any atom is 0.335 e. The van der Waals surface area contributed by atoms with E-state index in [-0.39, 0.29) is 29.4 Å². The molecule has 0 saturated heterocycles. The van der Waals surface area contributed by atoms with Crippen LogP contribution in [0.1, 0.15) is 27.3 Å². The van der Waals surface area contributed by atoms with Gasteiger partial charge in [-0.25, -0.2) is 17.6 Å². The second kappa shape index (κ2) is 13.3. The Balaban J connectivity index is 1.35. The van der Waals surface area contributed by atoms with Gasteiger partial charge in [0.25, 0.3) is 10.0 Å². The van der Waals surface area contributed by atoms with Gasteiger partial charge in [-0.1, -0.05) is 54.6 Å². The Morgan fingerprint density at radius 3 is 2.23 bits per heavy atom. The van der Waals surface area contributed by atoms with E-state index >= 15 is 0 Å². The summed E-state index contributed by atoms with van der Waals surface area (Å²) in [5, 5.41) is 17.5. The van der Waals surface area contributed by atoms with E-state index in [1.54, 1.807) is 78.2 Å². The van der Waals surface area contributed by atoms with Crippen LogP contribution in [0.25, 0.3) is 11.1 Å². The molecule has 1 aromatic heterocycles. The van der Waals surface area contributed by atoms with Gasteiger partial charge in [-0.15, -0.1) is 10.2 Å². The van der Waals surface area contributed by atoms with Crippen LogP contribution in [0.5, 0.6) is 11.5 Å². The molecule has 0 aliphatic rings. The summed E-state index contributed by atoms with van der Waals surface area (Å²) >= 11 is 0. The number of nitrogens with zero attached hydrogens (tertiary/aromatic N) is 4. The van der Waals surface area contributed by atoms with Crippen molar-refractivity contribution >= 4 is 21.7 Å². The van der Waals surface area contributed by atoms with Crippen LogP contribution < -0.4 is 9.04 Å². The van der Waals surface area contributed by atoms with Crippen molar-refractivity contribution in [3.8, 4) is 22.6 Å². The number of sulfonamides is 1. The molecular formula is C36H29FN4O5S. The molecule has 0 spiro atoms. The smallest absolute Gasteiger partial charge is 0.335 e. The largest absolute Gasteiger partial charge is 0.478 e. The van der Waals surface area contributed by atoms with Crippen LogP contribution in [0.2, 0.25) is 0 Å². The van der Waals surface area contributed by atoms with Crippen molar-refractivity contribution in [3.05, 3.63) is 156 Å². The van der Waals surface area contributed by atoms with Crippen LogP contribution in [0.4, 0.5) is 10.1 Å². The van der Waals surface area contributed by atoms with Crippen LogP contribution in [-0.4, -0.2) is 34.3 Å². The molecule has 0 aliphatic heterocycles. The van der Waals surface area contributed by atoms with E-state index in [1.165, 1.54) is 34.9 Å². The van der Waals surface area contributed by atoms with E-state index in [0.717, 1.165) is 11.1 Å². The van der Waals surface area contributed by atoms with Crippen molar-refractivity contribution in [2.75, 3.05) is 4.31 Å². The number of halogens is 1. The Bertz CT molecular complexity index is 2140. The highest BCUT2D eigenvalue weighted by atomic mass is 32.2. The number of carboxylic acid groups (broad SMARTS) is 1. The monoisotopic (exact) mass is 648 g/mol. The molecule has 1 heterocycles. The van der Waals surface area contributed by atoms with Gasteiger partial charge in [0.1, 0.15) is 23.6 Å². The predicted molar refractivity (Wildman–Crippen MR) is 175 cm³/mol. The zero-order valence-electron chi connectivity index (χ0n) is 25.2. The lowest BCUT2D eigenvalue weighted by molar-refractivity contribution is 0.0697. The van der Waals surface area contributed by atoms with Crippen molar-refractivity contribution in [3.63, 3.8) is 0 Å². The fourth-order valence-electron chi connectivity index (χ4n) is 5.16. The summed E-state index contributed by atoms with van der Waals surface area (Å²) in [5.74, 6) is 0.122. The summed E-state index contributed by atoms with van der Waals surface area (Å²) < 4.78 is 51.7. The van der Waals surface area contributed by atoms with Gasteiger partial charge < -0.3 is 14.4 Å². The van der Waals surface area contributed by atoms with E-state index in [2.05, 4.69) is 10.2 Å². The Morgan fingerprint density at radius 1 is 0.851 bits per heavy atom. The third-order valence-corrected chi connectivity index (χ3v) is 9.47. The fraction of sp³-hybridized carbons (Fsp3) is 0.0833. The van der Waals surface area contributed by atoms with Crippen LogP contribution in [0.15, 0.2) is 133 Å². The van der Waals surface area contributed by atoms with Crippen LogP contribution >= 0.6 is 0 Å². The first-order chi connectivity index (χ1) is 22.7. The number of benzene rings is 5. The number of anilines is 1. The van der Waals surface area contributed by atoms with E-state index in [1.807, 2.05) is 30.3 Å². The second-order valence-electron chi connectivity index (χ2n) is 10.8. The molecule has 47 heavy (non-hydrogen) atoms. The Labute approximate surface area is 271 Å². The maximum atomic E-state index is 14.5. The first kappa shape index (κ1) is 31.2. The Morgan fingerprint density at radius 2 is 1.55 bits per heavy atom. The summed E-state index contributed by atoms with van der Waals surface area (Å²) in [6.07, 6.45) is 1.48. The number of carboxylic acids is 1.